The van der Waals surface area contributed by atoms with Gasteiger partial charge in [0.2, 0.25) is 0 Å². The van der Waals surface area contributed by atoms with Crippen molar-refractivity contribution in [3.63, 3.8) is 0 Å². The van der Waals surface area contributed by atoms with Crippen LogP contribution in [0.4, 0.5) is 0 Å². The molecule has 2 heterocycles. The summed E-state index contributed by atoms with van der Waals surface area (Å²) in [5, 5.41) is 3.01. The van der Waals surface area contributed by atoms with Crippen LogP contribution in [0.15, 0.2) is 93.9 Å². The monoisotopic (exact) mass is 798 g/mol. The third-order valence-electron chi connectivity index (χ3n) is 7.65. The summed E-state index contributed by atoms with van der Waals surface area (Å²) < 4.78 is 20.5. The summed E-state index contributed by atoms with van der Waals surface area (Å²) in [5.41, 5.74) is 2.97. The zero-order valence-corrected chi connectivity index (χ0v) is 30.2. The highest BCUT2D eigenvalue weighted by Gasteiger charge is 2.34. The number of fused-ring (bicyclic) bond motifs is 2. The first-order valence-corrected chi connectivity index (χ1v) is 17.6. The number of esters is 1. The molecular formula is C36H29Cl2IN2O5S. The third kappa shape index (κ3) is 6.72. The predicted molar refractivity (Wildman–Crippen MR) is 195 cm³/mol. The van der Waals surface area contributed by atoms with E-state index < -0.39 is 12.0 Å². The van der Waals surface area contributed by atoms with E-state index in [9.17, 15) is 9.59 Å². The van der Waals surface area contributed by atoms with E-state index in [2.05, 4.69) is 22.6 Å². The van der Waals surface area contributed by atoms with Crippen molar-refractivity contribution in [2.24, 2.45) is 4.99 Å². The average molecular weight is 800 g/mol. The molecule has 0 amide bonds. The normalized spacial score (nSPS) is 14.6. The van der Waals surface area contributed by atoms with E-state index in [4.69, 9.17) is 42.4 Å². The van der Waals surface area contributed by atoms with E-state index in [0.29, 0.717) is 48.8 Å². The Hall–Kier alpha value is -3.64. The first-order chi connectivity index (χ1) is 22.7. The van der Waals surface area contributed by atoms with Crippen LogP contribution in [0.5, 0.6) is 11.5 Å². The molecule has 47 heavy (non-hydrogen) atoms. The van der Waals surface area contributed by atoms with E-state index in [-0.39, 0.29) is 18.8 Å². The summed E-state index contributed by atoms with van der Waals surface area (Å²) in [6.45, 7) is 6.29. The molecule has 5 aromatic rings. The van der Waals surface area contributed by atoms with Gasteiger partial charge < -0.3 is 14.2 Å². The van der Waals surface area contributed by atoms with Gasteiger partial charge in [-0.1, -0.05) is 83.1 Å². The quantitative estimate of drug-likeness (QED) is 0.112. The molecule has 1 aromatic heterocycles. The Kier molecular flexibility index (Phi) is 10.1. The second kappa shape index (κ2) is 14.2. The van der Waals surface area contributed by atoms with Crippen molar-refractivity contribution in [2.45, 2.75) is 33.4 Å². The van der Waals surface area contributed by atoms with E-state index in [1.54, 1.807) is 30.5 Å². The molecule has 1 aliphatic rings. The Morgan fingerprint density at radius 2 is 1.81 bits per heavy atom. The number of rotatable bonds is 9. The Morgan fingerprint density at radius 1 is 1.02 bits per heavy atom. The molecule has 0 spiro atoms. The van der Waals surface area contributed by atoms with Crippen LogP contribution in [-0.4, -0.2) is 23.8 Å². The Balaban J connectivity index is 1.46. The maximum absolute atomic E-state index is 14.3. The lowest BCUT2D eigenvalue weighted by molar-refractivity contribution is -0.139. The van der Waals surface area contributed by atoms with E-state index in [1.807, 2.05) is 73.7 Å². The second-order valence-corrected chi connectivity index (χ2v) is 13.7. The van der Waals surface area contributed by atoms with Crippen molar-refractivity contribution in [2.75, 3.05) is 13.2 Å². The highest BCUT2D eigenvalue weighted by molar-refractivity contribution is 14.1. The van der Waals surface area contributed by atoms with Crippen molar-refractivity contribution in [1.82, 2.24) is 4.57 Å². The highest BCUT2D eigenvalue weighted by Crippen LogP contribution is 2.37. The molecule has 0 fully saturated rings. The molecule has 1 aliphatic heterocycles. The molecule has 0 radical (unpaired) electrons. The lowest BCUT2D eigenvalue weighted by atomic mass is 9.91. The van der Waals surface area contributed by atoms with Gasteiger partial charge in [-0.2, -0.15) is 0 Å². The molecule has 4 aromatic carbocycles. The first-order valence-electron chi connectivity index (χ1n) is 14.9. The smallest absolute Gasteiger partial charge is 0.338 e. The van der Waals surface area contributed by atoms with Crippen LogP contribution in [-0.2, 0) is 16.1 Å². The van der Waals surface area contributed by atoms with Crippen LogP contribution in [0.25, 0.3) is 16.8 Å². The summed E-state index contributed by atoms with van der Waals surface area (Å²) >= 11 is 15.9. The van der Waals surface area contributed by atoms with E-state index in [1.165, 1.54) is 11.3 Å². The molecule has 0 unspecified atom stereocenters. The summed E-state index contributed by atoms with van der Waals surface area (Å²) in [4.78, 5) is 32.9. The average Bonchev–Trinajstić information content (AvgIpc) is 3.34. The van der Waals surface area contributed by atoms with Crippen LogP contribution in [0.3, 0.4) is 0 Å². The van der Waals surface area contributed by atoms with Gasteiger partial charge in [-0.05, 0) is 95.6 Å². The number of carbonyl (C=O) groups excluding carboxylic acids is 1. The van der Waals surface area contributed by atoms with Gasteiger partial charge in [0.25, 0.3) is 5.56 Å². The van der Waals surface area contributed by atoms with Crippen molar-refractivity contribution < 1.29 is 19.0 Å². The predicted octanol–water partition coefficient (Wildman–Crippen LogP) is 7.84. The summed E-state index contributed by atoms with van der Waals surface area (Å²) in [6, 6.07) is 22.2. The third-order valence-corrected chi connectivity index (χ3v) is 10.0. The van der Waals surface area contributed by atoms with E-state index in [0.717, 1.165) is 31.0 Å². The number of halogens is 3. The molecule has 0 aliphatic carbocycles. The van der Waals surface area contributed by atoms with Crippen molar-refractivity contribution in [1.29, 1.82) is 0 Å². The summed E-state index contributed by atoms with van der Waals surface area (Å²) in [6.07, 6.45) is 1.82. The summed E-state index contributed by atoms with van der Waals surface area (Å²) in [5.74, 6) is 0.618. The zero-order chi connectivity index (χ0) is 33.2. The number of thiazole rings is 1. The number of benzene rings is 4. The van der Waals surface area contributed by atoms with Gasteiger partial charge in [0.05, 0.1) is 38.6 Å². The Morgan fingerprint density at radius 3 is 2.57 bits per heavy atom. The lowest BCUT2D eigenvalue weighted by Gasteiger charge is -2.25. The summed E-state index contributed by atoms with van der Waals surface area (Å²) in [7, 11) is 0. The number of ether oxygens (including phenoxy) is 3. The van der Waals surface area contributed by atoms with Gasteiger partial charge in [-0.15, -0.1) is 0 Å². The molecular weight excluding hydrogens is 770 g/mol. The van der Waals surface area contributed by atoms with E-state index >= 15 is 0 Å². The number of carbonyl (C=O) groups is 1. The fraction of sp³-hybridized carbons (Fsp3) is 0.194. The lowest BCUT2D eigenvalue weighted by Crippen LogP contribution is -2.40. The van der Waals surface area contributed by atoms with Crippen molar-refractivity contribution >= 4 is 79.9 Å². The van der Waals surface area contributed by atoms with Gasteiger partial charge in [0, 0.05) is 15.6 Å². The van der Waals surface area contributed by atoms with Crippen LogP contribution in [0, 0.1) is 3.57 Å². The number of aromatic nitrogens is 1. The molecule has 0 saturated heterocycles. The molecule has 0 saturated carbocycles. The maximum Gasteiger partial charge on any atom is 0.338 e. The fourth-order valence-corrected chi connectivity index (χ4v) is 7.88. The standard InChI is InChI=1S/C36H29Cl2IN2O5S/c1-4-44-29-16-21(15-28(39)33(29)46-19-23-13-14-24(37)18-27(23)38)17-30-34(42)41-32(26-12-8-10-22-9-6-7-11-25(22)26)31(35(43)45-5-2)20(3)40-36(41)47-30/h6-18,32H,4-5,19H2,1-3H3/b30-17-/t32-/m0/s1. The Labute approximate surface area is 298 Å². The number of hydrogen-bond donors (Lipinski definition) is 0. The van der Waals surface area contributed by atoms with Gasteiger partial charge >= 0.3 is 5.97 Å². The minimum absolute atomic E-state index is 0.204. The zero-order valence-electron chi connectivity index (χ0n) is 25.7. The van der Waals surface area contributed by atoms with Crippen LogP contribution in [0.2, 0.25) is 10.0 Å². The number of hydrogen-bond acceptors (Lipinski definition) is 7. The first kappa shape index (κ1) is 33.3. The maximum atomic E-state index is 14.3. The molecule has 1 atom stereocenters. The SMILES string of the molecule is CCOC(=O)C1=C(C)N=c2s/c(=C\c3cc(I)c(OCc4ccc(Cl)cc4Cl)c(OCC)c3)c(=O)n2[C@H]1c1cccc2ccccc12. The molecule has 11 heteroatoms. The molecule has 0 N–H and O–H groups in total. The van der Waals surface area contributed by atoms with Gasteiger partial charge in [-0.3, -0.25) is 9.36 Å². The minimum atomic E-state index is -0.715. The number of nitrogens with zero attached hydrogens (tertiary/aromatic N) is 2. The van der Waals surface area contributed by atoms with Gasteiger partial charge in [0.15, 0.2) is 16.3 Å². The molecule has 240 valence electrons. The molecule has 6 rings (SSSR count). The van der Waals surface area contributed by atoms with Crippen LogP contribution >= 0.6 is 57.1 Å². The Bertz CT molecular complexity index is 2240. The van der Waals surface area contributed by atoms with Gasteiger partial charge in [0.1, 0.15) is 6.61 Å². The highest BCUT2D eigenvalue weighted by atomic mass is 127. The topological polar surface area (TPSA) is 79.1 Å². The number of allylic oxidation sites excluding steroid dienone is 1. The van der Waals surface area contributed by atoms with Crippen molar-refractivity contribution in [3.05, 3.63) is 134 Å². The second-order valence-electron chi connectivity index (χ2n) is 10.7. The van der Waals surface area contributed by atoms with Crippen LogP contribution < -0.4 is 24.4 Å². The minimum Gasteiger partial charge on any atom is -0.490 e. The molecule has 7 nitrogen and oxygen atoms in total. The van der Waals surface area contributed by atoms with Gasteiger partial charge in [-0.25, -0.2) is 9.79 Å². The largest absolute Gasteiger partial charge is 0.490 e. The molecule has 0 bridgehead atoms. The fourth-order valence-electron chi connectivity index (χ4n) is 5.59. The van der Waals surface area contributed by atoms with Crippen molar-refractivity contribution in [3.8, 4) is 11.5 Å². The van der Waals surface area contributed by atoms with Crippen LogP contribution in [0.1, 0.15) is 43.5 Å².